The van der Waals surface area contributed by atoms with Gasteiger partial charge in [-0.15, -0.1) is 18.2 Å². The van der Waals surface area contributed by atoms with Crippen molar-refractivity contribution in [3.05, 3.63) is 137 Å². The van der Waals surface area contributed by atoms with Crippen molar-refractivity contribution < 1.29 is 31.4 Å². The summed E-state index contributed by atoms with van der Waals surface area (Å²) in [6, 6.07) is 33.8. The van der Waals surface area contributed by atoms with E-state index in [-0.39, 0.29) is 25.7 Å². The molecular weight excluding hydrogens is 913 g/mol. The number of nitrogens with zero attached hydrogens (tertiary/aromatic N) is 4. The Balaban J connectivity index is 0.000000201. The zero-order valence-electron chi connectivity index (χ0n) is 38.2. The number of furan rings is 1. The summed E-state index contributed by atoms with van der Waals surface area (Å²) < 4.78 is 49.6. The maximum Gasteiger partial charge on any atom is 0 e. The standard InChI is InChI=1S/C28H22N3O.C20H28GeN.Ir/c1-16-14-17(2)25(18(3)15-16)31-24-11-6-5-10-23(24)30-27(31)22-9-7-8-20-21-13-12-19(4)29-28(21)32-26(20)22;1-15-8-10-16(11-9-15)19-12-17(13-20(2,3)4)18(14-22-19)21(5,6)7;/h5-8,10-15H,1-4H3;8-10,12,14H,13H2,1-7H3;/q2*-1;/i;1D3,13D2;. The zero-order chi connectivity index (χ0) is 42.8. The Bertz CT molecular complexity index is 2840. The number of hydrogen-bond donors (Lipinski definition) is 0. The monoisotopic (exact) mass is 970 g/mol. The first kappa shape index (κ1) is 33.9. The van der Waals surface area contributed by atoms with Gasteiger partial charge in [-0.3, -0.25) is 4.98 Å². The predicted octanol–water partition coefficient (Wildman–Crippen LogP) is 12.0. The minimum absolute atomic E-state index is 0. The molecule has 5 nitrogen and oxygen atoms in total. The van der Waals surface area contributed by atoms with Crippen molar-refractivity contribution in [2.24, 2.45) is 5.41 Å². The summed E-state index contributed by atoms with van der Waals surface area (Å²) >= 11 is -2.36. The largest absolute Gasteiger partial charge is 0 e. The predicted molar refractivity (Wildman–Crippen MR) is 229 cm³/mol. The van der Waals surface area contributed by atoms with Crippen molar-refractivity contribution in [3.8, 4) is 28.3 Å². The molecule has 8 rings (SSSR count). The van der Waals surface area contributed by atoms with Gasteiger partial charge in [-0.05, 0) is 63.1 Å². The number of fused-ring (bicyclic) bond motifs is 4. The van der Waals surface area contributed by atoms with Crippen LogP contribution in [0.1, 0.15) is 61.1 Å². The van der Waals surface area contributed by atoms with Crippen LogP contribution >= 0.6 is 0 Å². The van der Waals surface area contributed by atoms with Gasteiger partial charge < -0.3 is 8.98 Å². The molecular formula is C48H50GeIrN4O-2. The molecule has 283 valence electrons. The van der Waals surface area contributed by atoms with Gasteiger partial charge in [0.05, 0.1) is 22.4 Å². The van der Waals surface area contributed by atoms with Gasteiger partial charge in [0.1, 0.15) is 0 Å². The van der Waals surface area contributed by atoms with E-state index >= 15 is 0 Å². The molecule has 55 heavy (non-hydrogen) atoms. The van der Waals surface area contributed by atoms with Gasteiger partial charge in [-0.2, -0.15) is 0 Å². The summed E-state index contributed by atoms with van der Waals surface area (Å²) in [5.74, 6) is 7.52. The van der Waals surface area contributed by atoms with Crippen molar-refractivity contribution in [1.82, 2.24) is 19.5 Å². The number of para-hydroxylation sites is 2. The molecule has 0 bridgehead atoms. The van der Waals surface area contributed by atoms with Crippen LogP contribution in [-0.4, -0.2) is 32.8 Å². The summed E-state index contributed by atoms with van der Waals surface area (Å²) in [5.41, 5.74) is 11.7. The third-order valence-corrected chi connectivity index (χ3v) is 13.6. The molecule has 8 aromatic rings. The zero-order valence-corrected chi connectivity index (χ0v) is 37.7. The van der Waals surface area contributed by atoms with Crippen LogP contribution in [-0.2, 0) is 26.5 Å². The molecule has 0 spiro atoms. The van der Waals surface area contributed by atoms with E-state index in [4.69, 9.17) is 16.3 Å². The first-order valence-electron chi connectivity index (χ1n) is 20.9. The Labute approximate surface area is 349 Å². The van der Waals surface area contributed by atoms with Crippen molar-refractivity contribution >= 4 is 50.8 Å². The Morgan fingerprint density at radius 3 is 2.27 bits per heavy atom. The molecule has 0 aliphatic carbocycles. The molecule has 4 aromatic carbocycles. The topological polar surface area (TPSA) is 56.7 Å². The summed E-state index contributed by atoms with van der Waals surface area (Å²) in [4.78, 5) is 14.2. The van der Waals surface area contributed by atoms with Crippen LogP contribution in [0, 0.1) is 52.1 Å². The third kappa shape index (κ3) is 8.43. The molecule has 0 saturated carbocycles. The van der Waals surface area contributed by atoms with Crippen molar-refractivity contribution in [2.45, 2.75) is 79.0 Å². The van der Waals surface area contributed by atoms with Crippen LogP contribution in [0.3, 0.4) is 0 Å². The Kier molecular flexibility index (Phi) is 9.65. The molecule has 0 N–H and O–H groups in total. The van der Waals surface area contributed by atoms with E-state index in [2.05, 4.69) is 101 Å². The second-order valence-electron chi connectivity index (χ2n) is 16.2. The summed E-state index contributed by atoms with van der Waals surface area (Å²) in [6.07, 6.45) is 0.303. The number of hydrogen-bond acceptors (Lipinski definition) is 4. The van der Waals surface area contributed by atoms with E-state index in [9.17, 15) is 0 Å². The minimum atomic E-state index is -2.36. The molecule has 0 fully saturated rings. The number of benzene rings is 4. The minimum Gasteiger partial charge on any atom is 0 e. The van der Waals surface area contributed by atoms with Gasteiger partial charge >= 0.3 is 145 Å². The van der Waals surface area contributed by atoms with Crippen LogP contribution in [0.5, 0.6) is 0 Å². The second-order valence-corrected chi connectivity index (χ2v) is 26.8. The summed E-state index contributed by atoms with van der Waals surface area (Å²) in [6.45, 7) is 12.0. The average Bonchev–Trinajstić information content (AvgIpc) is 3.71. The fourth-order valence-corrected chi connectivity index (χ4v) is 10.0. The molecule has 0 atom stereocenters. The molecule has 4 aromatic heterocycles. The quantitative estimate of drug-likeness (QED) is 0.127. The number of aryl methyl sites for hydroxylation is 5. The van der Waals surface area contributed by atoms with Crippen LogP contribution in [0.4, 0.5) is 0 Å². The van der Waals surface area contributed by atoms with Crippen molar-refractivity contribution in [1.29, 1.82) is 0 Å². The number of rotatable bonds is 5. The SMILES string of the molecule is Cc1cc(C)c(-n2c(-c3[c-]ccc4c3oc3nc(C)ccc34)nc3ccccc32)c(C)c1.[2H]C([2H])([2H])c1c[c-]c(-c2cc(C([2H])([2H])C(C)(C)C)[c]([Ge]([CH3])([CH3])[CH3])cn2)cc1.[Ir]. The Hall–Kier alpha value is -4.36. The Morgan fingerprint density at radius 1 is 0.855 bits per heavy atom. The molecule has 0 aliphatic rings. The van der Waals surface area contributed by atoms with E-state index in [1.165, 1.54) is 22.8 Å². The van der Waals surface area contributed by atoms with Gasteiger partial charge in [-0.1, -0.05) is 40.8 Å². The second kappa shape index (κ2) is 15.6. The van der Waals surface area contributed by atoms with E-state index in [0.29, 0.717) is 22.5 Å². The van der Waals surface area contributed by atoms with Crippen molar-refractivity contribution in [3.63, 3.8) is 0 Å². The van der Waals surface area contributed by atoms with E-state index in [0.717, 1.165) is 54.6 Å². The molecule has 7 heteroatoms. The van der Waals surface area contributed by atoms with Crippen LogP contribution < -0.4 is 4.40 Å². The van der Waals surface area contributed by atoms with Crippen LogP contribution in [0.25, 0.3) is 61.4 Å². The molecule has 4 heterocycles. The van der Waals surface area contributed by atoms with Gasteiger partial charge in [0.2, 0.25) is 5.71 Å². The van der Waals surface area contributed by atoms with E-state index < -0.39 is 31.9 Å². The molecule has 0 amide bonds. The number of pyridine rings is 2. The fourth-order valence-electron chi connectivity index (χ4n) is 7.12. The van der Waals surface area contributed by atoms with E-state index in [1.807, 2.05) is 64.2 Å². The first-order valence-corrected chi connectivity index (χ1v) is 25.7. The van der Waals surface area contributed by atoms with E-state index in [1.54, 1.807) is 12.1 Å². The van der Waals surface area contributed by atoms with Crippen LogP contribution in [0.2, 0.25) is 17.3 Å². The molecule has 1 radical (unpaired) electrons. The smallest absolute Gasteiger partial charge is 0 e. The Morgan fingerprint density at radius 2 is 1.60 bits per heavy atom. The maximum atomic E-state index is 8.80. The molecule has 0 saturated heterocycles. The summed E-state index contributed by atoms with van der Waals surface area (Å²) in [5, 5.41) is 2.03. The average molecular weight is 969 g/mol. The number of aromatic nitrogens is 4. The maximum absolute atomic E-state index is 8.80. The summed E-state index contributed by atoms with van der Waals surface area (Å²) in [7, 11) is 0. The first-order chi connectivity index (χ1) is 27.6. The number of imidazole rings is 1. The fraction of sp³-hybridized carbons (Fsp3) is 0.271. The van der Waals surface area contributed by atoms with Gasteiger partial charge in [0.15, 0.2) is 0 Å². The van der Waals surface area contributed by atoms with Gasteiger partial charge in [0, 0.05) is 36.9 Å². The molecule has 0 unspecified atom stereocenters. The van der Waals surface area contributed by atoms with Crippen LogP contribution in [0.15, 0.2) is 95.5 Å². The third-order valence-electron chi connectivity index (χ3n) is 9.39. The van der Waals surface area contributed by atoms with Gasteiger partial charge in [0.25, 0.3) is 0 Å². The van der Waals surface area contributed by atoms with Gasteiger partial charge in [-0.25, -0.2) is 4.98 Å². The normalized spacial score (nSPS) is 13.7. The molecule has 0 aliphatic heterocycles. The van der Waals surface area contributed by atoms with Crippen molar-refractivity contribution in [2.75, 3.05) is 0 Å².